The number of nitrogens with one attached hydrogen (secondary N) is 2. The van der Waals surface area contributed by atoms with Gasteiger partial charge in [-0.05, 0) is 48.2 Å². The van der Waals surface area contributed by atoms with E-state index in [1.807, 2.05) is 13.0 Å². The summed E-state index contributed by atoms with van der Waals surface area (Å²) in [4.78, 5) is 8.66. The number of benzene rings is 1. The number of rotatable bonds is 4. The van der Waals surface area contributed by atoms with E-state index in [2.05, 4.69) is 26.7 Å². The first-order valence-electron chi connectivity index (χ1n) is 11.2. The van der Waals surface area contributed by atoms with Crippen LogP contribution >= 0.6 is 11.3 Å². The summed E-state index contributed by atoms with van der Waals surface area (Å²) in [5.74, 6) is -0.203. The average Bonchev–Trinajstić information content (AvgIpc) is 3.20. The molecule has 3 aromatic rings. The highest BCUT2D eigenvalue weighted by Gasteiger charge is 2.37. The summed E-state index contributed by atoms with van der Waals surface area (Å²) in [6.07, 6.45) is -2.39. The summed E-state index contributed by atoms with van der Waals surface area (Å²) in [5, 5.41) is 6.44. The van der Waals surface area contributed by atoms with Gasteiger partial charge in [0, 0.05) is 23.3 Å². The van der Waals surface area contributed by atoms with Crippen LogP contribution in [0.2, 0.25) is 0 Å². The molecule has 0 spiro atoms. The molecular formula is C23H23F3N4O3S2. The maximum Gasteiger partial charge on any atom is 0.420 e. The zero-order valence-electron chi connectivity index (χ0n) is 18.8. The minimum absolute atomic E-state index is 0.00723. The number of aromatic nitrogens is 2. The number of hydrogen-bond acceptors (Lipinski definition) is 8. The maximum atomic E-state index is 13.9. The van der Waals surface area contributed by atoms with Crippen molar-refractivity contribution in [1.29, 1.82) is 0 Å². The van der Waals surface area contributed by atoms with E-state index in [9.17, 15) is 21.6 Å². The van der Waals surface area contributed by atoms with Crippen LogP contribution in [0.4, 0.5) is 24.8 Å². The number of anilines is 2. The number of nitrogens with zero attached hydrogens (tertiary/aromatic N) is 2. The second kappa shape index (κ2) is 9.16. The molecule has 0 saturated carbocycles. The normalized spacial score (nSPS) is 17.4. The Morgan fingerprint density at radius 2 is 2.06 bits per heavy atom. The molecule has 4 heterocycles. The summed E-state index contributed by atoms with van der Waals surface area (Å²) >= 11 is 0.946. The molecule has 0 radical (unpaired) electrons. The van der Waals surface area contributed by atoms with Crippen LogP contribution < -0.4 is 10.6 Å². The third kappa shape index (κ3) is 4.80. The van der Waals surface area contributed by atoms with Gasteiger partial charge in [0.15, 0.2) is 9.84 Å². The highest BCUT2D eigenvalue weighted by Crippen LogP contribution is 2.42. The molecule has 1 aromatic carbocycles. The average molecular weight is 525 g/mol. The van der Waals surface area contributed by atoms with E-state index in [0.717, 1.165) is 54.7 Å². The Bertz CT molecular complexity index is 1390. The van der Waals surface area contributed by atoms with Gasteiger partial charge in [-0.25, -0.2) is 18.4 Å². The fourth-order valence-electron chi connectivity index (χ4n) is 4.29. The Morgan fingerprint density at radius 3 is 2.83 bits per heavy atom. The van der Waals surface area contributed by atoms with E-state index < -0.39 is 21.6 Å². The van der Waals surface area contributed by atoms with Crippen molar-refractivity contribution in [2.45, 2.75) is 44.0 Å². The fourth-order valence-corrected chi connectivity index (χ4v) is 7.12. The zero-order chi connectivity index (χ0) is 24.8. The SMILES string of the molecule is CCc1cc2c(cc1Nc1ncc(C(F)(F)F)c(-c3cc4c(s3)COCCS4(=O)=O)n1)CCNC2. The molecule has 2 aromatic heterocycles. The number of alkyl halides is 3. The molecule has 35 heavy (non-hydrogen) atoms. The standard InChI is InChI=1S/C23H23F3N4O3S2/c1-2-13-7-15-10-27-4-3-14(15)8-17(13)29-22-28-11-16(23(24,25)26)21(30-22)18-9-20-19(34-18)12-33-5-6-35(20,31)32/h7-9,11,27H,2-6,10,12H2,1H3,(H,28,29,30). The summed E-state index contributed by atoms with van der Waals surface area (Å²) in [5.41, 5.74) is 2.74. The molecule has 0 saturated heterocycles. The van der Waals surface area contributed by atoms with Gasteiger partial charge in [-0.15, -0.1) is 11.3 Å². The lowest BCUT2D eigenvalue weighted by Gasteiger charge is -2.21. The molecule has 2 aliphatic rings. The molecule has 2 N–H and O–H groups in total. The Hall–Kier alpha value is -2.54. The molecule has 0 atom stereocenters. The first kappa shape index (κ1) is 24.2. The van der Waals surface area contributed by atoms with Gasteiger partial charge in [0.2, 0.25) is 5.95 Å². The number of ether oxygens (including phenoxy) is 1. The first-order chi connectivity index (χ1) is 16.7. The van der Waals surface area contributed by atoms with Gasteiger partial charge >= 0.3 is 6.18 Å². The highest BCUT2D eigenvalue weighted by atomic mass is 32.2. The van der Waals surface area contributed by atoms with Crippen LogP contribution in [0.1, 0.15) is 34.1 Å². The van der Waals surface area contributed by atoms with Crippen LogP contribution in [0, 0.1) is 0 Å². The minimum atomic E-state index is -4.71. The van der Waals surface area contributed by atoms with E-state index in [4.69, 9.17) is 4.74 Å². The van der Waals surface area contributed by atoms with Crippen LogP contribution in [0.25, 0.3) is 10.6 Å². The Labute approximate surface area is 204 Å². The molecule has 0 fully saturated rings. The van der Waals surface area contributed by atoms with Gasteiger partial charge in [0.05, 0.1) is 34.4 Å². The molecule has 186 valence electrons. The topological polar surface area (TPSA) is 93.2 Å². The number of hydrogen-bond donors (Lipinski definition) is 2. The number of sulfone groups is 1. The van der Waals surface area contributed by atoms with Gasteiger partial charge in [0.1, 0.15) is 5.56 Å². The van der Waals surface area contributed by atoms with Crippen molar-refractivity contribution in [3.63, 3.8) is 0 Å². The predicted molar refractivity (Wildman–Crippen MR) is 127 cm³/mol. The molecule has 12 heteroatoms. The largest absolute Gasteiger partial charge is 0.420 e. The molecule has 0 bridgehead atoms. The van der Waals surface area contributed by atoms with E-state index in [1.54, 1.807) is 0 Å². The minimum Gasteiger partial charge on any atom is -0.375 e. The molecule has 5 rings (SSSR count). The summed E-state index contributed by atoms with van der Waals surface area (Å²) in [6.45, 7) is 3.71. The van der Waals surface area contributed by atoms with E-state index in [1.165, 1.54) is 17.2 Å². The van der Waals surface area contributed by atoms with Crippen molar-refractivity contribution in [3.05, 3.63) is 51.5 Å². The number of fused-ring (bicyclic) bond motifs is 2. The van der Waals surface area contributed by atoms with Gasteiger partial charge in [0.25, 0.3) is 0 Å². The summed E-state index contributed by atoms with van der Waals surface area (Å²) < 4.78 is 72.0. The van der Waals surface area contributed by atoms with E-state index >= 15 is 0 Å². The Balaban J connectivity index is 1.58. The molecule has 2 aliphatic heterocycles. The van der Waals surface area contributed by atoms with Crippen molar-refractivity contribution in [1.82, 2.24) is 15.3 Å². The monoisotopic (exact) mass is 524 g/mol. The van der Waals surface area contributed by atoms with E-state index in [-0.39, 0.29) is 40.4 Å². The van der Waals surface area contributed by atoms with Crippen molar-refractivity contribution in [3.8, 4) is 10.6 Å². The quantitative estimate of drug-likeness (QED) is 0.520. The number of thiophene rings is 1. The molecular weight excluding hydrogens is 501 g/mol. The molecule has 0 aliphatic carbocycles. The molecule has 0 amide bonds. The van der Waals surface area contributed by atoms with Crippen LogP contribution in [0.5, 0.6) is 0 Å². The van der Waals surface area contributed by atoms with Crippen LogP contribution in [0.15, 0.2) is 29.3 Å². The summed E-state index contributed by atoms with van der Waals surface area (Å²) in [7, 11) is -3.65. The lowest BCUT2D eigenvalue weighted by molar-refractivity contribution is -0.137. The van der Waals surface area contributed by atoms with Gasteiger partial charge < -0.3 is 15.4 Å². The molecule has 0 unspecified atom stereocenters. The van der Waals surface area contributed by atoms with Gasteiger partial charge in [-0.1, -0.05) is 13.0 Å². The van der Waals surface area contributed by atoms with Gasteiger partial charge in [-0.3, -0.25) is 0 Å². The van der Waals surface area contributed by atoms with Crippen LogP contribution in [-0.2, 0) is 46.7 Å². The molecule has 7 nitrogen and oxygen atoms in total. The maximum absolute atomic E-state index is 13.9. The third-order valence-corrected chi connectivity index (χ3v) is 9.08. The highest BCUT2D eigenvalue weighted by molar-refractivity contribution is 7.91. The van der Waals surface area contributed by atoms with Gasteiger partial charge in [-0.2, -0.15) is 13.2 Å². The first-order valence-corrected chi connectivity index (χ1v) is 13.6. The summed E-state index contributed by atoms with van der Waals surface area (Å²) in [6, 6.07) is 5.37. The Morgan fingerprint density at radius 1 is 1.23 bits per heavy atom. The fraction of sp³-hybridized carbons (Fsp3) is 0.391. The third-order valence-electron chi connectivity index (χ3n) is 6.10. The lowest BCUT2D eigenvalue weighted by Crippen LogP contribution is -2.24. The lowest BCUT2D eigenvalue weighted by atomic mass is 9.96. The van der Waals surface area contributed by atoms with Crippen LogP contribution in [-0.4, -0.2) is 37.3 Å². The zero-order valence-corrected chi connectivity index (χ0v) is 20.5. The number of halogens is 3. The van der Waals surface area contributed by atoms with Crippen molar-refractivity contribution >= 4 is 32.8 Å². The Kier molecular flexibility index (Phi) is 6.32. The predicted octanol–water partition coefficient (Wildman–Crippen LogP) is 4.48. The number of aryl methyl sites for hydroxylation is 1. The van der Waals surface area contributed by atoms with Crippen molar-refractivity contribution in [2.75, 3.05) is 24.2 Å². The van der Waals surface area contributed by atoms with Crippen LogP contribution in [0.3, 0.4) is 0 Å². The second-order valence-corrected chi connectivity index (χ2v) is 11.6. The van der Waals surface area contributed by atoms with Crippen molar-refractivity contribution in [2.24, 2.45) is 0 Å². The van der Waals surface area contributed by atoms with E-state index in [0.29, 0.717) is 4.88 Å². The second-order valence-electron chi connectivity index (χ2n) is 8.41. The van der Waals surface area contributed by atoms with Crippen molar-refractivity contribution < 1.29 is 26.3 Å². The smallest absolute Gasteiger partial charge is 0.375 e.